The molecule has 1 aromatic carbocycles. The fourth-order valence-electron chi connectivity index (χ4n) is 2.86. The standard InChI is InChI=1S/C17H19N5O2/c1-22(2)11-6-4-10(5-7-11)14-12(8-18)16(19)24-17-15(14)13(9-23-3)20-21-17/h4-7,14H,9,19H2,1-3H3,(H,20,21)/t14-/m0/s1. The minimum atomic E-state index is -0.334. The number of methoxy groups -OCH3 is 1. The minimum Gasteiger partial charge on any atom is -0.420 e. The molecular weight excluding hydrogens is 306 g/mol. The number of allylic oxidation sites excluding steroid dienone is 1. The van der Waals surface area contributed by atoms with E-state index in [1.807, 2.05) is 43.3 Å². The van der Waals surface area contributed by atoms with Crippen molar-refractivity contribution in [2.24, 2.45) is 5.73 Å². The minimum absolute atomic E-state index is 0.0853. The first-order valence-electron chi connectivity index (χ1n) is 7.47. The third-order valence-electron chi connectivity index (χ3n) is 4.05. The normalized spacial score (nSPS) is 16.3. The van der Waals surface area contributed by atoms with Crippen LogP contribution >= 0.6 is 0 Å². The van der Waals surface area contributed by atoms with E-state index in [0.717, 1.165) is 22.5 Å². The third kappa shape index (κ3) is 2.57. The van der Waals surface area contributed by atoms with E-state index in [9.17, 15) is 5.26 Å². The molecule has 7 nitrogen and oxygen atoms in total. The monoisotopic (exact) mass is 325 g/mol. The van der Waals surface area contributed by atoms with Crippen molar-refractivity contribution in [2.45, 2.75) is 12.5 Å². The number of nitriles is 1. The molecule has 24 heavy (non-hydrogen) atoms. The maximum atomic E-state index is 9.58. The number of fused-ring (bicyclic) bond motifs is 1. The molecule has 7 heteroatoms. The van der Waals surface area contributed by atoms with E-state index in [4.69, 9.17) is 15.2 Å². The van der Waals surface area contributed by atoms with Crippen LogP contribution in [0.4, 0.5) is 5.69 Å². The van der Waals surface area contributed by atoms with Crippen LogP contribution in [0.25, 0.3) is 0 Å². The summed E-state index contributed by atoms with van der Waals surface area (Å²) >= 11 is 0. The van der Waals surface area contributed by atoms with Gasteiger partial charge in [-0.1, -0.05) is 12.1 Å². The lowest BCUT2D eigenvalue weighted by Gasteiger charge is -2.24. The molecule has 0 fully saturated rings. The summed E-state index contributed by atoms with van der Waals surface area (Å²) in [5.41, 5.74) is 9.90. The van der Waals surface area contributed by atoms with Crippen molar-refractivity contribution in [3.63, 3.8) is 0 Å². The van der Waals surface area contributed by atoms with Gasteiger partial charge in [0.05, 0.1) is 23.8 Å². The Hall–Kier alpha value is -2.98. The molecule has 0 spiro atoms. The lowest BCUT2D eigenvalue weighted by atomic mass is 9.84. The van der Waals surface area contributed by atoms with Crippen LogP contribution in [-0.4, -0.2) is 31.4 Å². The summed E-state index contributed by atoms with van der Waals surface area (Å²) < 4.78 is 10.7. The van der Waals surface area contributed by atoms with E-state index < -0.39 is 0 Å². The van der Waals surface area contributed by atoms with E-state index in [-0.39, 0.29) is 11.8 Å². The number of H-pyrrole nitrogens is 1. The molecule has 0 saturated carbocycles. The molecule has 0 aliphatic carbocycles. The first kappa shape index (κ1) is 15.9. The van der Waals surface area contributed by atoms with Gasteiger partial charge < -0.3 is 20.1 Å². The Labute approximate surface area is 140 Å². The number of ether oxygens (including phenoxy) is 2. The van der Waals surface area contributed by atoms with Crippen LogP contribution in [0, 0.1) is 11.3 Å². The van der Waals surface area contributed by atoms with Crippen LogP contribution in [0.5, 0.6) is 5.88 Å². The fraction of sp³-hybridized carbons (Fsp3) is 0.294. The number of nitrogens with zero attached hydrogens (tertiary/aromatic N) is 3. The summed E-state index contributed by atoms with van der Waals surface area (Å²) in [5, 5.41) is 16.7. The van der Waals surface area contributed by atoms with Crippen molar-refractivity contribution < 1.29 is 9.47 Å². The van der Waals surface area contributed by atoms with Crippen molar-refractivity contribution in [3.05, 3.63) is 52.5 Å². The smallest absolute Gasteiger partial charge is 0.244 e. The molecule has 0 radical (unpaired) electrons. The fourth-order valence-corrected chi connectivity index (χ4v) is 2.86. The van der Waals surface area contributed by atoms with Crippen molar-refractivity contribution in [1.82, 2.24) is 10.2 Å². The highest BCUT2D eigenvalue weighted by Crippen LogP contribution is 2.43. The molecule has 1 aliphatic rings. The summed E-state index contributed by atoms with van der Waals surface area (Å²) in [5.74, 6) is 0.140. The largest absolute Gasteiger partial charge is 0.420 e. The molecule has 2 heterocycles. The van der Waals surface area contributed by atoms with Crippen LogP contribution < -0.4 is 15.4 Å². The topological polar surface area (TPSA) is 100 Å². The summed E-state index contributed by atoms with van der Waals surface area (Å²) in [4.78, 5) is 2.02. The lowest BCUT2D eigenvalue weighted by molar-refractivity contribution is 0.180. The van der Waals surface area contributed by atoms with Crippen molar-refractivity contribution in [2.75, 3.05) is 26.1 Å². The second kappa shape index (κ2) is 6.26. The van der Waals surface area contributed by atoms with Crippen LogP contribution in [-0.2, 0) is 11.3 Å². The Morgan fingerprint density at radius 1 is 1.38 bits per heavy atom. The summed E-state index contributed by atoms with van der Waals surface area (Å²) in [6.07, 6.45) is 0. The van der Waals surface area contributed by atoms with Gasteiger partial charge in [-0.05, 0) is 17.7 Å². The molecule has 3 N–H and O–H groups in total. The van der Waals surface area contributed by atoms with Gasteiger partial charge in [0.1, 0.15) is 11.6 Å². The predicted octanol–water partition coefficient (Wildman–Crippen LogP) is 1.84. The SMILES string of the molecule is COCc1[nH]nc2c1[C@@H](c1ccc(N(C)C)cc1)C(C#N)=C(N)O2. The number of hydrogen-bond acceptors (Lipinski definition) is 6. The van der Waals surface area contributed by atoms with Gasteiger partial charge in [-0.3, -0.25) is 5.10 Å². The zero-order valence-electron chi connectivity index (χ0n) is 13.8. The third-order valence-corrected chi connectivity index (χ3v) is 4.05. The second-order valence-electron chi connectivity index (χ2n) is 5.76. The molecule has 1 atom stereocenters. The molecule has 0 saturated heterocycles. The maximum Gasteiger partial charge on any atom is 0.244 e. The van der Waals surface area contributed by atoms with Crippen molar-refractivity contribution in [3.8, 4) is 11.9 Å². The lowest BCUT2D eigenvalue weighted by Crippen LogP contribution is -2.21. The molecule has 3 rings (SSSR count). The van der Waals surface area contributed by atoms with Crippen LogP contribution in [0.3, 0.4) is 0 Å². The van der Waals surface area contributed by atoms with E-state index >= 15 is 0 Å². The van der Waals surface area contributed by atoms with Gasteiger partial charge in [0, 0.05) is 26.9 Å². The number of benzene rings is 1. The van der Waals surface area contributed by atoms with Gasteiger partial charge in [0.2, 0.25) is 11.8 Å². The molecule has 1 aliphatic heterocycles. The first-order valence-corrected chi connectivity index (χ1v) is 7.47. The quantitative estimate of drug-likeness (QED) is 0.889. The van der Waals surface area contributed by atoms with E-state index in [1.165, 1.54) is 0 Å². The first-order chi connectivity index (χ1) is 11.6. The predicted molar refractivity (Wildman–Crippen MR) is 89.4 cm³/mol. The molecule has 1 aromatic heterocycles. The summed E-state index contributed by atoms with van der Waals surface area (Å²) in [6, 6.07) is 10.2. The molecule has 0 unspecified atom stereocenters. The van der Waals surface area contributed by atoms with E-state index in [2.05, 4.69) is 16.3 Å². The van der Waals surface area contributed by atoms with Crippen molar-refractivity contribution in [1.29, 1.82) is 5.26 Å². The van der Waals surface area contributed by atoms with Crippen LogP contribution in [0.1, 0.15) is 22.7 Å². The highest BCUT2D eigenvalue weighted by atomic mass is 16.5. The number of rotatable bonds is 4. The van der Waals surface area contributed by atoms with Gasteiger partial charge in [0.25, 0.3) is 0 Å². The summed E-state index contributed by atoms with van der Waals surface area (Å²) in [6.45, 7) is 0.344. The van der Waals surface area contributed by atoms with Gasteiger partial charge in [-0.2, -0.15) is 5.26 Å². The Morgan fingerprint density at radius 3 is 2.67 bits per heavy atom. The number of nitrogens with one attached hydrogen (secondary N) is 1. The van der Waals surface area contributed by atoms with Gasteiger partial charge in [-0.15, -0.1) is 5.10 Å². The van der Waals surface area contributed by atoms with Crippen LogP contribution in [0.2, 0.25) is 0 Å². The van der Waals surface area contributed by atoms with E-state index in [0.29, 0.717) is 18.1 Å². The zero-order valence-corrected chi connectivity index (χ0v) is 13.8. The molecular formula is C17H19N5O2. The van der Waals surface area contributed by atoms with Gasteiger partial charge >= 0.3 is 0 Å². The number of aromatic nitrogens is 2. The Bertz CT molecular complexity index is 814. The van der Waals surface area contributed by atoms with Gasteiger partial charge in [-0.25, -0.2) is 0 Å². The molecule has 2 aromatic rings. The van der Waals surface area contributed by atoms with Crippen LogP contribution in [0.15, 0.2) is 35.7 Å². The number of anilines is 1. The Morgan fingerprint density at radius 2 is 2.08 bits per heavy atom. The Balaban J connectivity index is 2.13. The Kier molecular flexibility index (Phi) is 4.15. The van der Waals surface area contributed by atoms with Gasteiger partial charge in [0.15, 0.2) is 0 Å². The number of hydrogen-bond donors (Lipinski definition) is 2. The average Bonchev–Trinajstić information content (AvgIpc) is 2.96. The molecule has 0 amide bonds. The zero-order chi connectivity index (χ0) is 17.3. The highest BCUT2D eigenvalue weighted by Gasteiger charge is 2.35. The number of aromatic amines is 1. The molecule has 0 bridgehead atoms. The summed E-state index contributed by atoms with van der Waals surface area (Å²) in [7, 11) is 5.56. The van der Waals surface area contributed by atoms with Crippen molar-refractivity contribution >= 4 is 5.69 Å². The number of nitrogens with two attached hydrogens (primary N) is 1. The molecule has 124 valence electrons. The highest BCUT2D eigenvalue weighted by molar-refractivity contribution is 5.57. The average molecular weight is 325 g/mol. The van der Waals surface area contributed by atoms with E-state index in [1.54, 1.807) is 7.11 Å². The second-order valence-corrected chi connectivity index (χ2v) is 5.76. The maximum absolute atomic E-state index is 9.58.